The topological polar surface area (TPSA) is 20.2 Å². The Morgan fingerprint density at radius 1 is 0.589 bits per heavy atom. The van der Waals surface area contributed by atoms with Gasteiger partial charge in [0.05, 0.1) is 63.9 Å². The minimum absolute atomic E-state index is 0.127. The summed E-state index contributed by atoms with van der Waals surface area (Å²) in [5.74, 6) is 0. The molecule has 1 unspecified atom stereocenters. The van der Waals surface area contributed by atoms with E-state index in [1.54, 1.807) is 0 Å². The second-order valence-corrected chi connectivity index (χ2v) is 16.6. The Labute approximate surface area is 327 Å². The maximum Gasteiger partial charge on any atom is 0.244 e. The molecule has 4 heterocycles. The van der Waals surface area contributed by atoms with Gasteiger partial charge < -0.3 is 23.5 Å². The average molecular weight is 726 g/mol. The molecule has 2 aromatic heterocycles. The first-order valence-corrected chi connectivity index (χ1v) is 19.6. The van der Waals surface area contributed by atoms with Gasteiger partial charge >= 0.3 is 0 Å². The quantitative estimate of drug-likeness (QED) is 0.133. The van der Waals surface area contributed by atoms with Crippen LogP contribution in [0.5, 0.6) is 0 Å². The van der Waals surface area contributed by atoms with Crippen molar-refractivity contribution in [3.63, 3.8) is 0 Å². The second kappa shape index (κ2) is 11.7. The maximum absolute atomic E-state index is 3.68. The van der Waals surface area contributed by atoms with Crippen LogP contribution in [0.1, 0.15) is 48.6 Å². The third kappa shape index (κ3) is 4.45. The Hall–Kier alpha value is -6.59. The van der Waals surface area contributed by atoms with E-state index in [4.69, 9.17) is 0 Å². The normalized spacial score (nSPS) is 16.2. The molecule has 0 aliphatic carbocycles. The van der Waals surface area contributed by atoms with E-state index in [1.165, 1.54) is 72.4 Å². The predicted octanol–water partition coefficient (Wildman–Crippen LogP) is 10.9. The van der Waals surface area contributed by atoms with E-state index in [9.17, 15) is 0 Å². The standard InChI is InChI=1S/C51H43N5/c1-50(2,3)35-28-36(30-38(29-35)55-33-53(5)46-23-12-14-25-48(46)55)51(34-16-7-6-8-17-34)41-20-15-19-40-39-18-9-10-21-43(39)56(49(40)41)44-27-26-37(31-42(44)51)54-32-52(4)45-22-11-13-24-47(45)54/h6-31H,32H2,1-5H3. The summed E-state index contributed by atoms with van der Waals surface area (Å²) in [7, 11) is 4.27. The van der Waals surface area contributed by atoms with Gasteiger partial charge in [0, 0.05) is 23.5 Å². The van der Waals surface area contributed by atoms with Crippen LogP contribution < -0.4 is 14.4 Å². The Kier molecular flexibility index (Phi) is 6.86. The number of aryl methyl sites for hydroxylation is 1. The summed E-state index contributed by atoms with van der Waals surface area (Å²) in [5, 5.41) is 2.54. The van der Waals surface area contributed by atoms with Crippen molar-refractivity contribution in [2.75, 3.05) is 23.5 Å². The van der Waals surface area contributed by atoms with E-state index >= 15 is 0 Å². The largest absolute Gasteiger partial charge is 0.355 e. The number of aromatic nitrogens is 3. The Bertz CT molecular complexity index is 3030. The van der Waals surface area contributed by atoms with Crippen molar-refractivity contribution in [2.24, 2.45) is 7.05 Å². The zero-order valence-corrected chi connectivity index (χ0v) is 32.5. The molecule has 0 bridgehead atoms. The van der Waals surface area contributed by atoms with E-state index in [0.717, 1.165) is 23.4 Å². The summed E-state index contributed by atoms with van der Waals surface area (Å²) < 4.78 is 6.89. The summed E-state index contributed by atoms with van der Waals surface area (Å²) in [4.78, 5) is 4.81. The van der Waals surface area contributed by atoms with Crippen molar-refractivity contribution in [1.82, 2.24) is 9.13 Å². The van der Waals surface area contributed by atoms with E-state index in [-0.39, 0.29) is 5.41 Å². The minimum Gasteiger partial charge on any atom is -0.355 e. The summed E-state index contributed by atoms with van der Waals surface area (Å²) in [6.45, 7) is 7.77. The highest BCUT2D eigenvalue weighted by Crippen LogP contribution is 2.56. The molecule has 0 fully saturated rings. The van der Waals surface area contributed by atoms with Gasteiger partial charge in [0.1, 0.15) is 0 Å². The predicted molar refractivity (Wildman–Crippen MR) is 230 cm³/mol. The van der Waals surface area contributed by atoms with Gasteiger partial charge in [-0.3, -0.25) is 0 Å². The molecule has 0 saturated carbocycles. The molecule has 2 aliphatic rings. The second-order valence-electron chi connectivity index (χ2n) is 16.6. The monoisotopic (exact) mass is 725 g/mol. The highest BCUT2D eigenvalue weighted by Gasteiger charge is 2.46. The molecule has 0 spiro atoms. The third-order valence-electron chi connectivity index (χ3n) is 12.4. The molecule has 56 heavy (non-hydrogen) atoms. The Balaban J connectivity index is 1.31. The first-order chi connectivity index (χ1) is 27.2. The first-order valence-electron chi connectivity index (χ1n) is 19.6. The molecular formula is C51H43N5. The fraction of sp³-hybridized carbons (Fsp3) is 0.157. The number of anilines is 3. The summed E-state index contributed by atoms with van der Waals surface area (Å²) >= 11 is 0. The van der Waals surface area contributed by atoms with Gasteiger partial charge in [-0.15, -0.1) is 0 Å². The molecule has 11 rings (SSSR count). The molecular weight excluding hydrogens is 683 g/mol. The molecule has 5 heteroatoms. The molecule has 0 amide bonds. The zero-order valence-electron chi connectivity index (χ0n) is 32.5. The van der Waals surface area contributed by atoms with Gasteiger partial charge in [-0.1, -0.05) is 142 Å². The van der Waals surface area contributed by atoms with Gasteiger partial charge in [0.2, 0.25) is 6.33 Å². The van der Waals surface area contributed by atoms with Crippen molar-refractivity contribution in [1.29, 1.82) is 0 Å². The zero-order chi connectivity index (χ0) is 37.9. The SMILES string of the molecule is CN1CN(c2ccc3c(c2)C(c2ccccc2)(c2cc(-n4[c-][n+](C)c5ccccc54)cc(C(C)(C)C)c2)c2cccc4c5ccccc5n-3c24)c2ccccc21. The van der Waals surface area contributed by atoms with E-state index in [0.29, 0.717) is 0 Å². The van der Waals surface area contributed by atoms with Crippen molar-refractivity contribution in [3.8, 4) is 11.4 Å². The lowest BCUT2D eigenvalue weighted by Crippen LogP contribution is -2.36. The van der Waals surface area contributed by atoms with Crippen LogP contribution in [0.2, 0.25) is 0 Å². The highest BCUT2D eigenvalue weighted by atomic mass is 15.4. The molecule has 0 N–H and O–H groups in total. The Morgan fingerprint density at radius 3 is 2.12 bits per heavy atom. The van der Waals surface area contributed by atoms with Crippen LogP contribution in [0.15, 0.2) is 158 Å². The van der Waals surface area contributed by atoms with E-state index in [2.05, 4.69) is 222 Å². The van der Waals surface area contributed by atoms with Crippen molar-refractivity contribution in [2.45, 2.75) is 31.6 Å². The summed E-state index contributed by atoms with van der Waals surface area (Å²) in [6.07, 6.45) is 3.68. The lowest BCUT2D eigenvalue weighted by molar-refractivity contribution is -0.649. The number of imidazole rings is 1. The van der Waals surface area contributed by atoms with Gasteiger partial charge in [0.25, 0.3) is 0 Å². The third-order valence-corrected chi connectivity index (χ3v) is 12.4. The fourth-order valence-electron chi connectivity index (χ4n) is 9.76. The number of fused-ring (bicyclic) bond motifs is 7. The minimum atomic E-state index is -0.678. The van der Waals surface area contributed by atoms with Crippen LogP contribution in [-0.2, 0) is 17.9 Å². The number of hydrogen-bond donors (Lipinski definition) is 0. The van der Waals surface area contributed by atoms with Crippen LogP contribution >= 0.6 is 0 Å². The molecule has 1 atom stereocenters. The van der Waals surface area contributed by atoms with Crippen LogP contribution in [0.4, 0.5) is 17.1 Å². The van der Waals surface area contributed by atoms with E-state index < -0.39 is 5.41 Å². The van der Waals surface area contributed by atoms with Crippen molar-refractivity contribution >= 4 is 49.9 Å². The number of nitrogens with zero attached hydrogens (tertiary/aromatic N) is 5. The highest BCUT2D eigenvalue weighted by molar-refractivity contribution is 6.12. The lowest BCUT2D eigenvalue weighted by Gasteiger charge is -2.43. The fourth-order valence-corrected chi connectivity index (χ4v) is 9.76. The molecule has 9 aromatic rings. The molecule has 0 radical (unpaired) electrons. The number of hydrogen-bond acceptors (Lipinski definition) is 2. The first kappa shape index (κ1) is 32.8. The maximum atomic E-state index is 3.68. The number of rotatable bonds is 4. The van der Waals surface area contributed by atoms with E-state index in [1.807, 2.05) is 0 Å². The van der Waals surface area contributed by atoms with Crippen molar-refractivity contribution < 1.29 is 4.57 Å². The molecule has 7 aromatic carbocycles. The van der Waals surface area contributed by atoms with Gasteiger partial charge in [-0.25, -0.2) is 0 Å². The number of para-hydroxylation sites is 6. The van der Waals surface area contributed by atoms with Gasteiger partial charge in [-0.2, -0.15) is 0 Å². The number of benzene rings is 7. The van der Waals surface area contributed by atoms with Crippen LogP contribution in [0, 0.1) is 6.33 Å². The lowest BCUT2D eigenvalue weighted by atomic mass is 9.62. The van der Waals surface area contributed by atoms with Gasteiger partial charge in [0.15, 0.2) is 0 Å². The summed E-state index contributed by atoms with van der Waals surface area (Å²) in [5.41, 5.74) is 16.2. The van der Waals surface area contributed by atoms with Crippen LogP contribution in [0.3, 0.4) is 0 Å². The van der Waals surface area contributed by atoms with Crippen molar-refractivity contribution in [3.05, 3.63) is 192 Å². The molecule has 272 valence electrons. The van der Waals surface area contributed by atoms with Crippen LogP contribution in [0.25, 0.3) is 44.2 Å². The summed E-state index contributed by atoms with van der Waals surface area (Å²) in [6, 6.07) is 59.0. The molecule has 0 saturated heterocycles. The molecule has 5 nitrogen and oxygen atoms in total. The van der Waals surface area contributed by atoms with Crippen LogP contribution in [-0.4, -0.2) is 22.9 Å². The molecule has 2 aliphatic heterocycles. The Morgan fingerprint density at radius 2 is 1.30 bits per heavy atom. The average Bonchev–Trinajstić information content (AvgIpc) is 3.87. The smallest absolute Gasteiger partial charge is 0.244 e. The van der Waals surface area contributed by atoms with Gasteiger partial charge in [-0.05, 0) is 69.6 Å².